The van der Waals surface area contributed by atoms with E-state index >= 15 is 0 Å². The van der Waals surface area contributed by atoms with Crippen LogP contribution >= 0.6 is 11.6 Å². The van der Waals surface area contributed by atoms with Gasteiger partial charge in [0, 0.05) is 5.02 Å². The lowest BCUT2D eigenvalue weighted by Gasteiger charge is -2.37. The van der Waals surface area contributed by atoms with E-state index in [1.54, 1.807) is 12.1 Å². The number of rotatable bonds is 4. The fraction of sp³-hybridized carbons (Fsp3) is 0.538. The maximum atomic E-state index is 13.2. The second-order valence-corrected chi connectivity index (χ2v) is 4.82. The lowest BCUT2D eigenvalue weighted by molar-refractivity contribution is 0.247. The van der Waals surface area contributed by atoms with Gasteiger partial charge in [-0.05, 0) is 61.5 Å². The van der Waals surface area contributed by atoms with Gasteiger partial charge in [-0.1, -0.05) is 18.5 Å². The van der Waals surface area contributed by atoms with Gasteiger partial charge >= 0.3 is 0 Å². The van der Waals surface area contributed by atoms with Crippen LogP contribution in [0.25, 0.3) is 0 Å². The zero-order valence-electron chi connectivity index (χ0n) is 9.47. The van der Waals surface area contributed by atoms with Crippen molar-refractivity contribution in [2.75, 3.05) is 13.1 Å². The van der Waals surface area contributed by atoms with Crippen LogP contribution in [-0.2, 0) is 0 Å². The highest BCUT2D eigenvalue weighted by Gasteiger charge is 2.32. The van der Waals surface area contributed by atoms with E-state index in [4.69, 9.17) is 11.6 Å². The minimum atomic E-state index is -0.187. The molecule has 1 aromatic carbocycles. The van der Waals surface area contributed by atoms with Gasteiger partial charge in [0.05, 0.1) is 0 Å². The minimum absolute atomic E-state index is 0.187. The molecule has 0 radical (unpaired) electrons. The predicted molar refractivity (Wildman–Crippen MR) is 65.4 cm³/mol. The van der Waals surface area contributed by atoms with Crippen molar-refractivity contribution in [3.63, 3.8) is 0 Å². The number of hydrogen-bond donors (Lipinski definition) is 1. The Bertz CT molecular complexity index is 367. The molecule has 0 saturated heterocycles. The number of halogens is 2. The molecule has 2 rings (SSSR count). The molecular formula is C13H17ClFN. The highest BCUT2D eigenvalue weighted by molar-refractivity contribution is 6.31. The number of hydrogen-bond acceptors (Lipinski definition) is 1. The monoisotopic (exact) mass is 241 g/mol. The van der Waals surface area contributed by atoms with Crippen LogP contribution in [0.2, 0.25) is 5.02 Å². The van der Waals surface area contributed by atoms with E-state index in [0.29, 0.717) is 16.9 Å². The molecule has 1 fully saturated rings. The highest BCUT2D eigenvalue weighted by Crippen LogP contribution is 2.44. The van der Waals surface area contributed by atoms with Crippen molar-refractivity contribution in [2.45, 2.75) is 25.7 Å². The van der Waals surface area contributed by atoms with Crippen molar-refractivity contribution in [1.82, 2.24) is 5.32 Å². The Kier molecular flexibility index (Phi) is 3.82. The molecule has 1 aliphatic carbocycles. The zero-order valence-corrected chi connectivity index (χ0v) is 10.2. The highest BCUT2D eigenvalue weighted by atomic mass is 35.5. The van der Waals surface area contributed by atoms with Crippen LogP contribution in [0.5, 0.6) is 0 Å². The Morgan fingerprint density at radius 3 is 2.88 bits per heavy atom. The molecular weight excluding hydrogens is 225 g/mol. The molecule has 88 valence electrons. The van der Waals surface area contributed by atoms with E-state index in [9.17, 15) is 4.39 Å². The molecule has 2 unspecified atom stereocenters. The summed E-state index contributed by atoms with van der Waals surface area (Å²) in [5.41, 5.74) is 0.982. The molecule has 1 aromatic rings. The number of nitrogens with one attached hydrogen (secondary N) is 1. The van der Waals surface area contributed by atoms with E-state index < -0.39 is 0 Å². The van der Waals surface area contributed by atoms with Gasteiger partial charge in [0.15, 0.2) is 0 Å². The third kappa shape index (κ3) is 2.38. The van der Waals surface area contributed by atoms with Gasteiger partial charge in [-0.15, -0.1) is 0 Å². The van der Waals surface area contributed by atoms with Gasteiger partial charge < -0.3 is 5.32 Å². The molecule has 16 heavy (non-hydrogen) atoms. The molecule has 1 saturated carbocycles. The van der Waals surface area contributed by atoms with Gasteiger partial charge in [0.2, 0.25) is 0 Å². The predicted octanol–water partition coefficient (Wildman–Crippen LogP) is 3.58. The summed E-state index contributed by atoms with van der Waals surface area (Å²) in [5, 5.41) is 4.05. The van der Waals surface area contributed by atoms with Crippen LogP contribution in [0.3, 0.4) is 0 Å². The first-order valence-corrected chi connectivity index (χ1v) is 6.25. The van der Waals surface area contributed by atoms with Gasteiger partial charge in [-0.25, -0.2) is 4.39 Å². The first-order valence-electron chi connectivity index (χ1n) is 5.88. The Hall–Kier alpha value is -0.600. The smallest absolute Gasteiger partial charge is 0.123 e. The van der Waals surface area contributed by atoms with E-state index in [2.05, 4.69) is 12.2 Å². The maximum absolute atomic E-state index is 13.2. The van der Waals surface area contributed by atoms with Crippen LogP contribution in [-0.4, -0.2) is 13.1 Å². The molecule has 2 atom stereocenters. The van der Waals surface area contributed by atoms with Crippen molar-refractivity contribution in [1.29, 1.82) is 0 Å². The SMILES string of the molecule is CCNCC1CCC1c1cc(F)ccc1Cl. The van der Waals surface area contributed by atoms with Gasteiger partial charge in [-0.2, -0.15) is 0 Å². The fourth-order valence-corrected chi connectivity index (χ4v) is 2.61. The van der Waals surface area contributed by atoms with Crippen molar-refractivity contribution in [3.8, 4) is 0 Å². The van der Waals surface area contributed by atoms with Crippen molar-refractivity contribution in [2.24, 2.45) is 5.92 Å². The van der Waals surface area contributed by atoms with Gasteiger partial charge in [0.25, 0.3) is 0 Å². The Morgan fingerprint density at radius 2 is 2.25 bits per heavy atom. The average Bonchev–Trinajstić information content (AvgIpc) is 2.22. The topological polar surface area (TPSA) is 12.0 Å². The van der Waals surface area contributed by atoms with Crippen LogP contribution in [0.15, 0.2) is 18.2 Å². The second kappa shape index (κ2) is 5.15. The molecule has 0 heterocycles. The summed E-state index contributed by atoms with van der Waals surface area (Å²) < 4.78 is 13.2. The Balaban J connectivity index is 2.09. The third-order valence-electron chi connectivity index (χ3n) is 3.43. The molecule has 0 aromatic heterocycles. The molecule has 0 aliphatic heterocycles. The largest absolute Gasteiger partial charge is 0.317 e. The first kappa shape index (κ1) is 11.9. The van der Waals surface area contributed by atoms with Gasteiger partial charge in [0.1, 0.15) is 5.82 Å². The lowest BCUT2D eigenvalue weighted by atomic mass is 9.70. The molecule has 3 heteroatoms. The average molecular weight is 242 g/mol. The van der Waals surface area contributed by atoms with Crippen LogP contribution in [0, 0.1) is 11.7 Å². The van der Waals surface area contributed by atoms with Crippen LogP contribution < -0.4 is 5.32 Å². The molecule has 1 aliphatic rings. The molecule has 0 amide bonds. The normalized spacial score (nSPS) is 24.2. The summed E-state index contributed by atoms with van der Waals surface area (Å²) >= 11 is 6.12. The quantitative estimate of drug-likeness (QED) is 0.850. The summed E-state index contributed by atoms with van der Waals surface area (Å²) in [6.07, 6.45) is 2.34. The Labute approximate surface area is 101 Å². The van der Waals surface area contributed by atoms with Crippen molar-refractivity contribution >= 4 is 11.6 Å². The minimum Gasteiger partial charge on any atom is -0.317 e. The summed E-state index contributed by atoms with van der Waals surface area (Å²) in [6.45, 7) is 4.09. The number of benzene rings is 1. The zero-order chi connectivity index (χ0) is 11.5. The molecule has 0 spiro atoms. The standard InChI is InChI=1S/C13H17ClFN/c1-2-16-8-9-3-5-11(9)12-7-10(15)4-6-13(12)14/h4,6-7,9,11,16H,2-3,5,8H2,1H3. The molecule has 1 nitrogen and oxygen atoms in total. The maximum Gasteiger partial charge on any atom is 0.123 e. The van der Waals surface area contributed by atoms with Crippen LogP contribution in [0.1, 0.15) is 31.2 Å². The first-order chi connectivity index (χ1) is 7.72. The summed E-state index contributed by atoms with van der Waals surface area (Å²) in [5.74, 6) is 0.856. The van der Waals surface area contributed by atoms with Gasteiger partial charge in [-0.3, -0.25) is 0 Å². The Morgan fingerprint density at radius 1 is 1.44 bits per heavy atom. The summed E-state index contributed by atoms with van der Waals surface area (Å²) in [7, 11) is 0. The fourth-order valence-electron chi connectivity index (χ4n) is 2.35. The van der Waals surface area contributed by atoms with E-state index in [0.717, 1.165) is 25.1 Å². The van der Waals surface area contributed by atoms with Crippen molar-refractivity contribution in [3.05, 3.63) is 34.6 Å². The lowest BCUT2D eigenvalue weighted by Crippen LogP contribution is -2.33. The van der Waals surface area contributed by atoms with E-state index in [1.165, 1.54) is 12.5 Å². The second-order valence-electron chi connectivity index (χ2n) is 4.42. The molecule has 1 N–H and O–H groups in total. The third-order valence-corrected chi connectivity index (χ3v) is 3.78. The van der Waals surface area contributed by atoms with E-state index in [1.807, 2.05) is 0 Å². The summed E-state index contributed by atoms with van der Waals surface area (Å²) in [6, 6.07) is 4.67. The van der Waals surface area contributed by atoms with Crippen LogP contribution in [0.4, 0.5) is 4.39 Å². The summed E-state index contributed by atoms with van der Waals surface area (Å²) in [4.78, 5) is 0. The molecule has 0 bridgehead atoms. The van der Waals surface area contributed by atoms with Crippen molar-refractivity contribution < 1.29 is 4.39 Å². The van der Waals surface area contributed by atoms with E-state index in [-0.39, 0.29) is 5.82 Å².